The average molecular weight is 323 g/mol. The van der Waals surface area contributed by atoms with E-state index in [-0.39, 0.29) is 11.8 Å². The molecular formula is C20H25N3O. The van der Waals surface area contributed by atoms with Crippen molar-refractivity contribution in [2.24, 2.45) is 5.92 Å². The van der Waals surface area contributed by atoms with Crippen LogP contribution in [0.25, 0.3) is 0 Å². The first kappa shape index (κ1) is 16.5. The largest absolute Gasteiger partial charge is 0.331 e. The van der Waals surface area contributed by atoms with Gasteiger partial charge in [-0.15, -0.1) is 6.58 Å². The van der Waals surface area contributed by atoms with Crippen molar-refractivity contribution in [3.05, 3.63) is 66.3 Å². The molecule has 1 aromatic carbocycles. The molecule has 1 saturated carbocycles. The van der Waals surface area contributed by atoms with Gasteiger partial charge in [0.1, 0.15) is 5.82 Å². The van der Waals surface area contributed by atoms with E-state index in [1.807, 2.05) is 17.3 Å². The van der Waals surface area contributed by atoms with Crippen LogP contribution in [0.2, 0.25) is 0 Å². The van der Waals surface area contributed by atoms with Crippen molar-refractivity contribution in [3.8, 4) is 0 Å². The van der Waals surface area contributed by atoms with E-state index in [4.69, 9.17) is 0 Å². The maximum absolute atomic E-state index is 12.6. The first-order valence-electron chi connectivity index (χ1n) is 8.62. The topological polar surface area (TPSA) is 38.1 Å². The maximum Gasteiger partial charge on any atom is 0.226 e. The van der Waals surface area contributed by atoms with Gasteiger partial charge in [0, 0.05) is 31.4 Å². The molecule has 0 atom stereocenters. The number of hydrogen-bond acceptors (Lipinski definition) is 2. The molecular weight excluding hydrogens is 298 g/mol. The molecule has 0 N–H and O–H groups in total. The summed E-state index contributed by atoms with van der Waals surface area (Å²) in [5, 5.41) is 0. The second kappa shape index (κ2) is 7.47. The van der Waals surface area contributed by atoms with E-state index in [1.54, 1.807) is 6.08 Å². The number of rotatable bonds is 7. The van der Waals surface area contributed by atoms with Gasteiger partial charge in [-0.05, 0) is 25.3 Å². The van der Waals surface area contributed by atoms with E-state index in [1.165, 1.54) is 17.5 Å². The number of benzene rings is 1. The Kier molecular flexibility index (Phi) is 5.14. The van der Waals surface area contributed by atoms with Crippen LogP contribution < -0.4 is 0 Å². The Balaban J connectivity index is 1.73. The fourth-order valence-corrected chi connectivity index (χ4v) is 3.12. The molecule has 4 nitrogen and oxygen atoms in total. The van der Waals surface area contributed by atoms with Gasteiger partial charge in [0.05, 0.1) is 6.54 Å². The molecule has 4 heteroatoms. The Bertz CT molecular complexity index is 715. The smallest absolute Gasteiger partial charge is 0.226 e. The first-order valence-corrected chi connectivity index (χ1v) is 8.62. The van der Waals surface area contributed by atoms with E-state index in [2.05, 4.69) is 47.3 Å². The van der Waals surface area contributed by atoms with E-state index in [0.29, 0.717) is 13.1 Å². The summed E-state index contributed by atoms with van der Waals surface area (Å²) >= 11 is 0. The van der Waals surface area contributed by atoms with Crippen molar-refractivity contribution in [1.29, 1.82) is 0 Å². The minimum atomic E-state index is 0.199. The molecule has 0 unspecified atom stereocenters. The van der Waals surface area contributed by atoms with Crippen molar-refractivity contribution >= 4 is 5.91 Å². The van der Waals surface area contributed by atoms with Crippen LogP contribution in [0.4, 0.5) is 0 Å². The quantitative estimate of drug-likeness (QED) is 0.731. The second-order valence-corrected chi connectivity index (χ2v) is 6.60. The number of nitrogens with zero attached hydrogens (tertiary/aromatic N) is 3. The Morgan fingerprint density at radius 2 is 2.29 bits per heavy atom. The number of aryl methyl sites for hydroxylation is 1. The monoisotopic (exact) mass is 323 g/mol. The normalized spacial score (nSPS) is 14.2. The number of aromatic nitrogens is 2. The van der Waals surface area contributed by atoms with Crippen LogP contribution in [0.3, 0.4) is 0 Å². The zero-order valence-corrected chi connectivity index (χ0v) is 14.3. The summed E-state index contributed by atoms with van der Waals surface area (Å²) in [5.41, 5.74) is 2.50. The molecule has 2 aromatic rings. The van der Waals surface area contributed by atoms with Gasteiger partial charge in [-0.25, -0.2) is 4.98 Å². The Labute approximate surface area is 143 Å². The van der Waals surface area contributed by atoms with Gasteiger partial charge in [-0.1, -0.05) is 42.3 Å². The number of imidazole rings is 1. The molecule has 0 aliphatic heterocycles. The first-order chi connectivity index (χ1) is 11.7. The number of carbonyl (C=O) groups is 1. The average Bonchev–Trinajstić information content (AvgIpc) is 2.92. The van der Waals surface area contributed by atoms with Crippen LogP contribution in [0.5, 0.6) is 0 Å². The number of amides is 1. The Morgan fingerprint density at radius 1 is 1.46 bits per heavy atom. The van der Waals surface area contributed by atoms with Crippen LogP contribution in [0, 0.1) is 12.8 Å². The van der Waals surface area contributed by atoms with Gasteiger partial charge < -0.3 is 9.47 Å². The predicted molar refractivity (Wildman–Crippen MR) is 95.5 cm³/mol. The highest BCUT2D eigenvalue weighted by molar-refractivity contribution is 5.79. The van der Waals surface area contributed by atoms with E-state index in [0.717, 1.165) is 25.2 Å². The summed E-state index contributed by atoms with van der Waals surface area (Å²) in [4.78, 5) is 19.0. The fourth-order valence-electron chi connectivity index (χ4n) is 3.12. The van der Waals surface area contributed by atoms with Gasteiger partial charge >= 0.3 is 0 Å². The van der Waals surface area contributed by atoms with Crippen LogP contribution >= 0.6 is 0 Å². The molecule has 0 bridgehead atoms. The summed E-state index contributed by atoms with van der Waals surface area (Å²) in [5.74, 6) is 1.36. The molecule has 1 aromatic heterocycles. The van der Waals surface area contributed by atoms with Crippen LogP contribution in [-0.2, 0) is 17.9 Å². The standard InChI is InChI=1S/C20H25N3O/c1-3-11-23(20(24)18-8-5-9-18)15-19-21-10-12-22(19)14-17-7-4-6-16(2)13-17/h3-4,6-7,10,12-13,18H,1,5,8-9,11,14-15H2,2H3. The van der Waals surface area contributed by atoms with Gasteiger partial charge in [0.15, 0.2) is 0 Å². The van der Waals surface area contributed by atoms with Gasteiger partial charge in [0.2, 0.25) is 5.91 Å². The van der Waals surface area contributed by atoms with Crippen LogP contribution in [0.1, 0.15) is 36.2 Å². The molecule has 0 saturated heterocycles. The summed E-state index contributed by atoms with van der Waals surface area (Å²) in [7, 11) is 0. The van der Waals surface area contributed by atoms with Crippen molar-refractivity contribution in [1.82, 2.24) is 14.5 Å². The highest BCUT2D eigenvalue weighted by atomic mass is 16.2. The zero-order valence-electron chi connectivity index (χ0n) is 14.3. The lowest BCUT2D eigenvalue weighted by atomic mass is 9.84. The minimum Gasteiger partial charge on any atom is -0.331 e. The fraction of sp³-hybridized carbons (Fsp3) is 0.400. The molecule has 1 heterocycles. The van der Waals surface area contributed by atoms with Crippen molar-refractivity contribution < 1.29 is 4.79 Å². The third-order valence-electron chi connectivity index (χ3n) is 4.68. The van der Waals surface area contributed by atoms with Crippen LogP contribution in [-0.4, -0.2) is 26.9 Å². The lowest BCUT2D eigenvalue weighted by Gasteiger charge is -2.31. The van der Waals surface area contributed by atoms with Gasteiger partial charge in [-0.3, -0.25) is 4.79 Å². The summed E-state index contributed by atoms with van der Waals surface area (Å²) in [6.45, 7) is 7.78. The molecule has 24 heavy (non-hydrogen) atoms. The third kappa shape index (κ3) is 3.75. The molecule has 0 radical (unpaired) electrons. The van der Waals surface area contributed by atoms with Gasteiger partial charge in [-0.2, -0.15) is 0 Å². The number of hydrogen-bond donors (Lipinski definition) is 0. The molecule has 1 aliphatic rings. The Morgan fingerprint density at radius 3 is 2.96 bits per heavy atom. The summed E-state index contributed by atoms with van der Waals surface area (Å²) < 4.78 is 2.12. The molecule has 1 fully saturated rings. The zero-order chi connectivity index (χ0) is 16.9. The number of carbonyl (C=O) groups excluding carboxylic acids is 1. The van der Waals surface area contributed by atoms with E-state index in [9.17, 15) is 4.79 Å². The summed E-state index contributed by atoms with van der Waals surface area (Å²) in [6, 6.07) is 8.48. The SMILES string of the molecule is C=CCN(Cc1nccn1Cc1cccc(C)c1)C(=O)C1CCC1. The predicted octanol–water partition coefficient (Wildman–Crippen LogP) is 3.55. The van der Waals surface area contributed by atoms with Crippen molar-refractivity contribution in [3.63, 3.8) is 0 Å². The Hall–Kier alpha value is -2.36. The minimum absolute atomic E-state index is 0.199. The van der Waals surface area contributed by atoms with Crippen molar-refractivity contribution in [2.45, 2.75) is 39.3 Å². The molecule has 126 valence electrons. The molecule has 1 amide bonds. The molecule has 3 rings (SSSR count). The molecule has 0 spiro atoms. The lowest BCUT2D eigenvalue weighted by molar-refractivity contribution is -0.138. The third-order valence-corrected chi connectivity index (χ3v) is 4.68. The summed E-state index contributed by atoms with van der Waals surface area (Å²) in [6.07, 6.45) is 8.79. The van der Waals surface area contributed by atoms with Crippen molar-refractivity contribution in [2.75, 3.05) is 6.54 Å². The maximum atomic E-state index is 12.6. The lowest BCUT2D eigenvalue weighted by Crippen LogP contribution is -2.39. The van der Waals surface area contributed by atoms with E-state index >= 15 is 0 Å². The highest BCUT2D eigenvalue weighted by Gasteiger charge is 2.29. The molecule has 1 aliphatic carbocycles. The highest BCUT2D eigenvalue weighted by Crippen LogP contribution is 2.28. The van der Waals surface area contributed by atoms with Crippen LogP contribution in [0.15, 0.2) is 49.3 Å². The van der Waals surface area contributed by atoms with Gasteiger partial charge in [0.25, 0.3) is 0 Å². The van der Waals surface area contributed by atoms with E-state index < -0.39 is 0 Å². The second-order valence-electron chi connectivity index (χ2n) is 6.60.